The topological polar surface area (TPSA) is 41.6 Å². The van der Waals surface area contributed by atoms with E-state index in [1.807, 2.05) is 0 Å². The van der Waals surface area contributed by atoms with E-state index in [4.69, 9.17) is 28.9 Å². The maximum atomic E-state index is 14.6. The number of hydrazone groups is 1. The molecule has 3 nitrogen and oxygen atoms in total. The van der Waals surface area contributed by atoms with E-state index in [9.17, 15) is 8.78 Å². The van der Waals surface area contributed by atoms with Gasteiger partial charge >= 0.3 is 0 Å². The van der Waals surface area contributed by atoms with Crippen LogP contribution in [0, 0.1) is 11.6 Å². The van der Waals surface area contributed by atoms with Crippen molar-refractivity contribution in [3.63, 3.8) is 0 Å². The van der Waals surface area contributed by atoms with Crippen LogP contribution < -0.4 is 5.73 Å². The Kier molecular flexibility index (Phi) is 4.28. The third-order valence-corrected chi connectivity index (χ3v) is 4.91. The number of hydrogen-bond donors (Lipinski definition) is 1. The van der Waals surface area contributed by atoms with E-state index in [0.717, 1.165) is 0 Å². The summed E-state index contributed by atoms with van der Waals surface area (Å²) in [5.74, 6) is -0.986. The molecular formula is C17H15Cl2F2N3. The fourth-order valence-corrected chi connectivity index (χ4v) is 3.64. The Bertz CT molecular complexity index is 841. The first-order valence-electron chi connectivity index (χ1n) is 7.23. The summed E-state index contributed by atoms with van der Waals surface area (Å²) >= 11 is 12.1. The highest BCUT2D eigenvalue weighted by atomic mass is 35.5. The molecule has 0 bridgehead atoms. The number of likely N-dealkylation sites (N-methyl/N-ethyl adjacent to an activating group) is 1. The third kappa shape index (κ3) is 2.57. The maximum Gasteiger partial charge on any atom is 0.130 e. The summed E-state index contributed by atoms with van der Waals surface area (Å²) in [5.41, 5.74) is 6.73. The molecule has 0 aromatic heterocycles. The lowest BCUT2D eigenvalue weighted by molar-refractivity contribution is 0.226. The molecule has 1 heterocycles. The van der Waals surface area contributed by atoms with Gasteiger partial charge in [0.1, 0.15) is 23.2 Å². The van der Waals surface area contributed by atoms with Gasteiger partial charge in [0.05, 0.1) is 5.71 Å². The summed E-state index contributed by atoms with van der Waals surface area (Å²) in [6.45, 7) is 1.72. The molecule has 2 aromatic carbocycles. The highest BCUT2D eigenvalue weighted by Crippen LogP contribution is 2.45. The Morgan fingerprint density at radius 2 is 1.88 bits per heavy atom. The normalized spacial score (nSPS) is 23.5. The van der Waals surface area contributed by atoms with Crippen LogP contribution >= 0.6 is 23.2 Å². The van der Waals surface area contributed by atoms with Crippen LogP contribution in [-0.4, -0.2) is 17.8 Å². The SMILES string of the molecule is CC1=NN(C)C(c2ccc(F)cc2Cl)C1(N)c1ccc(Cl)cc1F. The number of rotatable bonds is 2. The molecule has 126 valence electrons. The van der Waals surface area contributed by atoms with Crippen LogP contribution in [0.2, 0.25) is 10.0 Å². The van der Waals surface area contributed by atoms with Crippen LogP contribution in [0.25, 0.3) is 0 Å². The first-order valence-corrected chi connectivity index (χ1v) is 7.98. The average Bonchev–Trinajstić information content (AvgIpc) is 2.70. The van der Waals surface area contributed by atoms with E-state index < -0.39 is 23.2 Å². The Morgan fingerprint density at radius 3 is 2.50 bits per heavy atom. The Hall–Kier alpha value is -1.69. The van der Waals surface area contributed by atoms with E-state index in [1.54, 1.807) is 37.2 Å². The van der Waals surface area contributed by atoms with E-state index in [0.29, 0.717) is 11.3 Å². The Morgan fingerprint density at radius 1 is 1.17 bits per heavy atom. The third-order valence-electron chi connectivity index (χ3n) is 4.35. The van der Waals surface area contributed by atoms with Crippen LogP contribution in [0.4, 0.5) is 8.78 Å². The van der Waals surface area contributed by atoms with Crippen molar-refractivity contribution >= 4 is 28.9 Å². The van der Waals surface area contributed by atoms with Gasteiger partial charge in [-0.15, -0.1) is 0 Å². The van der Waals surface area contributed by atoms with E-state index >= 15 is 0 Å². The van der Waals surface area contributed by atoms with Gasteiger partial charge in [-0.1, -0.05) is 35.3 Å². The van der Waals surface area contributed by atoms with Crippen LogP contribution in [0.5, 0.6) is 0 Å². The molecule has 0 spiro atoms. The van der Waals surface area contributed by atoms with Crippen molar-refractivity contribution in [3.8, 4) is 0 Å². The van der Waals surface area contributed by atoms with Crippen molar-refractivity contribution in [2.45, 2.75) is 18.5 Å². The molecule has 2 unspecified atom stereocenters. The summed E-state index contributed by atoms with van der Waals surface area (Å²) in [6, 6.07) is 7.78. The predicted molar refractivity (Wildman–Crippen MR) is 92.3 cm³/mol. The maximum absolute atomic E-state index is 14.6. The summed E-state index contributed by atoms with van der Waals surface area (Å²) in [5, 5.41) is 6.47. The molecule has 0 radical (unpaired) electrons. The smallest absolute Gasteiger partial charge is 0.130 e. The molecule has 0 amide bonds. The molecule has 0 saturated heterocycles. The second-order valence-corrected chi connectivity index (χ2v) is 6.66. The van der Waals surface area contributed by atoms with Gasteiger partial charge in [0.25, 0.3) is 0 Å². The van der Waals surface area contributed by atoms with Gasteiger partial charge in [-0.3, -0.25) is 5.01 Å². The van der Waals surface area contributed by atoms with Crippen molar-refractivity contribution < 1.29 is 8.78 Å². The lowest BCUT2D eigenvalue weighted by Crippen LogP contribution is -2.48. The molecule has 2 aromatic rings. The Balaban J connectivity index is 2.21. The second kappa shape index (κ2) is 5.99. The van der Waals surface area contributed by atoms with Crippen LogP contribution in [0.1, 0.15) is 24.1 Å². The number of nitrogens with two attached hydrogens (primary N) is 1. The highest BCUT2D eigenvalue weighted by Gasteiger charge is 2.49. The zero-order valence-corrected chi connectivity index (χ0v) is 14.5. The fraction of sp³-hybridized carbons (Fsp3) is 0.235. The van der Waals surface area contributed by atoms with E-state index in [-0.39, 0.29) is 15.6 Å². The van der Waals surface area contributed by atoms with Gasteiger partial charge < -0.3 is 5.73 Å². The van der Waals surface area contributed by atoms with Crippen LogP contribution in [0.15, 0.2) is 41.5 Å². The lowest BCUT2D eigenvalue weighted by Gasteiger charge is -2.35. The minimum Gasteiger partial charge on any atom is -0.315 e. The zero-order valence-electron chi connectivity index (χ0n) is 13.0. The van der Waals surface area contributed by atoms with Gasteiger partial charge in [0, 0.05) is 22.7 Å². The molecular weight excluding hydrogens is 355 g/mol. The summed E-state index contributed by atoms with van der Waals surface area (Å²) in [6.07, 6.45) is 0. The highest BCUT2D eigenvalue weighted by molar-refractivity contribution is 6.31. The molecule has 0 saturated carbocycles. The van der Waals surface area contributed by atoms with Crippen LogP contribution in [0.3, 0.4) is 0 Å². The predicted octanol–water partition coefficient (Wildman–Crippen LogP) is 4.49. The molecule has 0 fully saturated rings. The van der Waals surface area contributed by atoms with E-state index in [1.165, 1.54) is 18.2 Å². The largest absolute Gasteiger partial charge is 0.315 e. The molecule has 3 rings (SSSR count). The molecule has 24 heavy (non-hydrogen) atoms. The van der Waals surface area contributed by atoms with Crippen molar-refractivity contribution in [1.29, 1.82) is 0 Å². The molecule has 2 atom stereocenters. The number of nitrogens with zero attached hydrogens (tertiary/aromatic N) is 2. The fourth-order valence-electron chi connectivity index (χ4n) is 3.21. The minimum absolute atomic E-state index is 0.209. The summed E-state index contributed by atoms with van der Waals surface area (Å²) in [4.78, 5) is 0. The van der Waals surface area contributed by atoms with Crippen molar-refractivity contribution in [3.05, 3.63) is 69.2 Å². The molecule has 0 aliphatic carbocycles. The molecule has 2 N–H and O–H groups in total. The van der Waals surface area contributed by atoms with Crippen LogP contribution in [-0.2, 0) is 5.54 Å². The summed E-state index contributed by atoms with van der Waals surface area (Å²) < 4.78 is 28.0. The first kappa shape index (κ1) is 17.1. The van der Waals surface area contributed by atoms with Gasteiger partial charge in [0.15, 0.2) is 0 Å². The molecule has 7 heteroatoms. The first-order chi connectivity index (χ1) is 11.2. The quantitative estimate of drug-likeness (QED) is 0.847. The van der Waals surface area contributed by atoms with Gasteiger partial charge in [-0.2, -0.15) is 5.10 Å². The van der Waals surface area contributed by atoms with E-state index in [2.05, 4.69) is 5.10 Å². The van der Waals surface area contributed by atoms with Gasteiger partial charge in [-0.25, -0.2) is 8.78 Å². The zero-order chi connectivity index (χ0) is 17.6. The Labute approximate surface area is 148 Å². The van der Waals surface area contributed by atoms with Crippen molar-refractivity contribution in [1.82, 2.24) is 5.01 Å². The minimum atomic E-state index is -1.26. The average molecular weight is 370 g/mol. The van der Waals surface area contributed by atoms with Crippen molar-refractivity contribution in [2.75, 3.05) is 7.05 Å². The van der Waals surface area contributed by atoms with Crippen molar-refractivity contribution in [2.24, 2.45) is 10.8 Å². The number of benzene rings is 2. The number of halogens is 4. The van der Waals surface area contributed by atoms with Gasteiger partial charge in [0.2, 0.25) is 0 Å². The monoisotopic (exact) mass is 369 g/mol. The molecule has 1 aliphatic heterocycles. The lowest BCUT2D eigenvalue weighted by atomic mass is 9.77. The second-order valence-electron chi connectivity index (χ2n) is 5.82. The number of hydrogen-bond acceptors (Lipinski definition) is 3. The van der Waals surface area contributed by atoms with Gasteiger partial charge in [-0.05, 0) is 36.8 Å². The standard InChI is InChI=1S/C17H15Cl2F2N3/c1-9-17(22,13-6-3-10(18)7-15(13)21)16(24(2)23-9)12-5-4-11(20)8-14(12)19/h3-8,16H,22H2,1-2H3. The molecule has 1 aliphatic rings. The summed E-state index contributed by atoms with van der Waals surface area (Å²) in [7, 11) is 1.72.